The minimum atomic E-state index is -0.767. The van der Waals surface area contributed by atoms with Gasteiger partial charge in [0.1, 0.15) is 22.6 Å². The number of nitrogens with zero attached hydrogens (tertiary/aromatic N) is 3. The van der Waals surface area contributed by atoms with E-state index in [0.29, 0.717) is 30.3 Å². The third-order valence-electron chi connectivity index (χ3n) is 5.18. The monoisotopic (exact) mass is 420 g/mol. The Kier molecular flexibility index (Phi) is 6.30. The van der Waals surface area contributed by atoms with E-state index < -0.39 is 23.6 Å². The summed E-state index contributed by atoms with van der Waals surface area (Å²) in [5.41, 5.74) is 0.585. The summed E-state index contributed by atoms with van der Waals surface area (Å²) in [5.74, 6) is -0.165. The van der Waals surface area contributed by atoms with Gasteiger partial charge in [-0.15, -0.1) is 0 Å². The van der Waals surface area contributed by atoms with Crippen molar-refractivity contribution in [2.45, 2.75) is 63.8 Å². The molecule has 0 aliphatic heterocycles. The van der Waals surface area contributed by atoms with Crippen molar-refractivity contribution in [2.24, 2.45) is 0 Å². The standard InChI is InChI=1S/C21H29FN4O4/c1-21(2,3)30-20(28)24-12-6-9-15(16(27)10-12)26(4)19-13(22)7-8-14-18(19)25-17(29-5)11-23-14/h7-8,11-12,15-16,27H,6,9-10H2,1-5H3,(H,24,28)/t12?,15-,16+/m1/s1. The van der Waals surface area contributed by atoms with E-state index in [1.54, 1.807) is 38.8 Å². The van der Waals surface area contributed by atoms with Crippen molar-refractivity contribution >= 4 is 22.8 Å². The van der Waals surface area contributed by atoms with Gasteiger partial charge < -0.3 is 24.8 Å². The molecule has 1 aliphatic carbocycles. The van der Waals surface area contributed by atoms with Crippen LogP contribution in [0.5, 0.6) is 5.88 Å². The van der Waals surface area contributed by atoms with Gasteiger partial charge in [0, 0.05) is 13.1 Å². The van der Waals surface area contributed by atoms with Crippen molar-refractivity contribution in [2.75, 3.05) is 19.1 Å². The van der Waals surface area contributed by atoms with Crippen LogP contribution in [0.1, 0.15) is 40.0 Å². The molecule has 164 valence electrons. The third kappa shape index (κ3) is 4.89. The molecule has 1 heterocycles. The molecule has 1 aromatic heterocycles. The summed E-state index contributed by atoms with van der Waals surface area (Å²) in [4.78, 5) is 22.4. The van der Waals surface area contributed by atoms with Crippen LogP contribution < -0.4 is 15.0 Å². The largest absolute Gasteiger partial charge is 0.480 e. The summed E-state index contributed by atoms with van der Waals surface area (Å²) < 4.78 is 25.2. The fourth-order valence-corrected chi connectivity index (χ4v) is 3.81. The highest BCUT2D eigenvalue weighted by Crippen LogP contribution is 2.33. The van der Waals surface area contributed by atoms with Crippen LogP contribution in [0, 0.1) is 5.82 Å². The highest BCUT2D eigenvalue weighted by molar-refractivity contribution is 5.89. The Bertz CT molecular complexity index is 918. The maximum absolute atomic E-state index is 14.8. The quantitative estimate of drug-likeness (QED) is 0.785. The predicted octanol–water partition coefficient (Wildman–Crippen LogP) is 3.02. The Hall–Kier alpha value is -2.68. The number of carbonyl (C=O) groups is 1. The van der Waals surface area contributed by atoms with Gasteiger partial charge in [-0.2, -0.15) is 0 Å². The number of aromatic nitrogens is 2. The molecule has 0 saturated heterocycles. The van der Waals surface area contributed by atoms with Crippen molar-refractivity contribution in [3.05, 3.63) is 24.1 Å². The lowest BCUT2D eigenvalue weighted by molar-refractivity contribution is 0.0427. The second kappa shape index (κ2) is 8.59. The number of halogens is 1. The van der Waals surface area contributed by atoms with Crippen LogP contribution in [-0.4, -0.2) is 59.1 Å². The van der Waals surface area contributed by atoms with Gasteiger partial charge in [0.15, 0.2) is 0 Å². The molecule has 1 aliphatic rings. The molecule has 1 saturated carbocycles. The average Bonchev–Trinajstić information content (AvgIpc) is 2.65. The van der Waals surface area contributed by atoms with Crippen molar-refractivity contribution in [3.63, 3.8) is 0 Å². The highest BCUT2D eigenvalue weighted by atomic mass is 19.1. The number of fused-ring (bicyclic) bond motifs is 1. The zero-order valence-electron chi connectivity index (χ0n) is 18.0. The van der Waals surface area contributed by atoms with Crippen LogP contribution in [0.3, 0.4) is 0 Å². The van der Waals surface area contributed by atoms with Gasteiger partial charge in [-0.3, -0.25) is 0 Å². The molecule has 2 N–H and O–H groups in total. The lowest BCUT2D eigenvalue weighted by Crippen LogP contribution is -2.51. The second-order valence-electron chi connectivity index (χ2n) is 8.58. The lowest BCUT2D eigenvalue weighted by atomic mass is 9.87. The van der Waals surface area contributed by atoms with Crippen molar-refractivity contribution in [1.82, 2.24) is 15.3 Å². The number of rotatable bonds is 4. The molecule has 1 aromatic carbocycles. The first-order valence-corrected chi connectivity index (χ1v) is 9.98. The van der Waals surface area contributed by atoms with Crippen LogP contribution in [0.2, 0.25) is 0 Å². The Morgan fingerprint density at radius 3 is 2.70 bits per heavy atom. The molecule has 0 radical (unpaired) electrons. The summed E-state index contributed by atoms with van der Waals surface area (Å²) >= 11 is 0. The van der Waals surface area contributed by atoms with E-state index in [4.69, 9.17) is 9.47 Å². The number of alkyl carbamates (subject to hydrolysis) is 1. The summed E-state index contributed by atoms with van der Waals surface area (Å²) in [6, 6.07) is 2.36. The van der Waals surface area contributed by atoms with Crippen molar-refractivity contribution in [3.8, 4) is 5.88 Å². The Labute approximate surface area is 175 Å². The molecule has 9 heteroatoms. The molecular formula is C21H29FN4O4. The normalized spacial score (nSPS) is 21.9. The predicted molar refractivity (Wildman–Crippen MR) is 111 cm³/mol. The first-order chi connectivity index (χ1) is 14.1. The number of ether oxygens (including phenoxy) is 2. The first-order valence-electron chi connectivity index (χ1n) is 9.98. The molecule has 0 spiro atoms. The molecular weight excluding hydrogens is 391 g/mol. The zero-order chi connectivity index (χ0) is 22.1. The minimum Gasteiger partial charge on any atom is -0.480 e. The van der Waals surface area contributed by atoms with E-state index in [1.165, 1.54) is 19.4 Å². The summed E-state index contributed by atoms with van der Waals surface area (Å²) in [6.07, 6.45) is 1.74. The molecule has 1 unspecified atom stereocenters. The number of methoxy groups -OCH3 is 1. The van der Waals surface area contributed by atoms with Crippen LogP contribution >= 0.6 is 0 Å². The van der Waals surface area contributed by atoms with Gasteiger partial charge >= 0.3 is 6.09 Å². The number of likely N-dealkylation sites (N-methyl/N-ethyl adjacent to an activating group) is 1. The molecule has 1 amide bonds. The van der Waals surface area contributed by atoms with Crippen molar-refractivity contribution in [1.29, 1.82) is 0 Å². The number of aliphatic hydroxyl groups excluding tert-OH is 1. The maximum Gasteiger partial charge on any atom is 0.407 e. The first kappa shape index (κ1) is 22.0. The molecule has 1 fully saturated rings. The Morgan fingerprint density at radius 1 is 1.33 bits per heavy atom. The Balaban J connectivity index is 1.76. The topological polar surface area (TPSA) is 96.8 Å². The molecule has 3 atom stereocenters. The van der Waals surface area contributed by atoms with Gasteiger partial charge in [-0.1, -0.05) is 0 Å². The van der Waals surface area contributed by atoms with Crippen LogP contribution in [0.15, 0.2) is 18.3 Å². The third-order valence-corrected chi connectivity index (χ3v) is 5.18. The molecule has 30 heavy (non-hydrogen) atoms. The smallest absolute Gasteiger partial charge is 0.407 e. The number of hydrogen-bond donors (Lipinski definition) is 2. The zero-order valence-corrected chi connectivity index (χ0v) is 18.0. The fourth-order valence-electron chi connectivity index (χ4n) is 3.81. The van der Waals surface area contributed by atoms with Gasteiger partial charge in [-0.25, -0.2) is 19.2 Å². The highest BCUT2D eigenvalue weighted by Gasteiger charge is 2.34. The number of amides is 1. The van der Waals surface area contributed by atoms with Gasteiger partial charge in [0.25, 0.3) is 0 Å². The summed E-state index contributed by atoms with van der Waals surface area (Å²) in [5, 5.41) is 13.6. The lowest BCUT2D eigenvalue weighted by Gasteiger charge is -2.40. The molecule has 0 bridgehead atoms. The molecule has 3 rings (SSSR count). The van der Waals surface area contributed by atoms with E-state index >= 15 is 0 Å². The number of aliphatic hydroxyl groups is 1. The van der Waals surface area contributed by atoms with Gasteiger partial charge in [0.2, 0.25) is 5.88 Å². The molecule has 8 nitrogen and oxygen atoms in total. The minimum absolute atomic E-state index is 0.211. The fraction of sp³-hybridized carbons (Fsp3) is 0.571. The number of benzene rings is 1. The van der Waals surface area contributed by atoms with E-state index in [2.05, 4.69) is 15.3 Å². The van der Waals surface area contributed by atoms with E-state index in [0.717, 1.165) is 0 Å². The second-order valence-corrected chi connectivity index (χ2v) is 8.58. The van der Waals surface area contributed by atoms with Gasteiger partial charge in [-0.05, 0) is 52.2 Å². The number of anilines is 1. The summed E-state index contributed by atoms with van der Waals surface area (Å²) in [6.45, 7) is 5.39. The van der Waals surface area contributed by atoms with Crippen LogP contribution in [0.25, 0.3) is 11.0 Å². The van der Waals surface area contributed by atoms with E-state index in [1.807, 2.05) is 0 Å². The number of hydrogen-bond acceptors (Lipinski definition) is 7. The SMILES string of the molecule is COc1cnc2ccc(F)c(N(C)[C@@H]3CCC(NC(=O)OC(C)(C)C)C[C@@H]3O)c2n1. The van der Waals surface area contributed by atoms with E-state index in [9.17, 15) is 14.3 Å². The van der Waals surface area contributed by atoms with Crippen molar-refractivity contribution < 1.29 is 23.8 Å². The van der Waals surface area contributed by atoms with E-state index in [-0.39, 0.29) is 23.7 Å². The number of nitrogens with one attached hydrogen (secondary N) is 1. The van der Waals surface area contributed by atoms with Crippen LogP contribution in [-0.2, 0) is 4.74 Å². The summed E-state index contributed by atoms with van der Waals surface area (Å²) in [7, 11) is 3.20. The van der Waals surface area contributed by atoms with Gasteiger partial charge in [0.05, 0.1) is 31.0 Å². The average molecular weight is 420 g/mol. The maximum atomic E-state index is 14.8. The number of carbonyl (C=O) groups excluding carboxylic acids is 1. The Morgan fingerprint density at radius 2 is 2.07 bits per heavy atom. The molecule has 2 aromatic rings. The van der Waals surface area contributed by atoms with Crippen LogP contribution in [0.4, 0.5) is 14.9 Å².